The van der Waals surface area contributed by atoms with Gasteiger partial charge >= 0.3 is 0 Å². The molecule has 1 aromatic carbocycles. The average molecular weight is 256 g/mol. The lowest BCUT2D eigenvalue weighted by Crippen LogP contribution is -2.20. The highest BCUT2D eigenvalue weighted by Gasteiger charge is 2.05. The van der Waals surface area contributed by atoms with Crippen molar-refractivity contribution in [3.05, 3.63) is 42.2 Å². The molecule has 0 saturated heterocycles. The minimum atomic E-state index is 0.286. The molecule has 1 heterocycles. The second kappa shape index (κ2) is 6.29. The largest absolute Gasteiger partial charge is 0.352 e. The first-order valence-electron chi connectivity index (χ1n) is 6.55. The molecule has 1 atom stereocenters. The summed E-state index contributed by atoms with van der Waals surface area (Å²) in [6.45, 7) is 4.83. The molecule has 2 rings (SSSR count). The predicted molar refractivity (Wildman–Crippen MR) is 79.0 cm³/mol. The Labute approximate surface area is 114 Å². The van der Waals surface area contributed by atoms with Crippen LogP contribution in [0.4, 0.5) is 5.95 Å². The molecule has 4 nitrogen and oxygen atoms in total. The quantitative estimate of drug-likeness (QED) is 0.863. The molecule has 0 aliphatic heterocycles. The molecule has 1 aromatic heterocycles. The topological polar surface area (TPSA) is 63.8 Å². The van der Waals surface area contributed by atoms with Gasteiger partial charge in [-0.3, -0.25) is 0 Å². The fraction of sp³-hybridized carbons (Fsp3) is 0.333. The van der Waals surface area contributed by atoms with E-state index in [1.165, 1.54) is 11.1 Å². The molecule has 2 aromatic rings. The molecule has 0 radical (unpaired) electrons. The van der Waals surface area contributed by atoms with Crippen LogP contribution in [0.2, 0.25) is 0 Å². The van der Waals surface area contributed by atoms with E-state index in [9.17, 15) is 0 Å². The van der Waals surface area contributed by atoms with E-state index in [4.69, 9.17) is 5.73 Å². The van der Waals surface area contributed by atoms with Gasteiger partial charge in [0, 0.05) is 24.0 Å². The van der Waals surface area contributed by atoms with E-state index in [1.807, 2.05) is 24.5 Å². The van der Waals surface area contributed by atoms with E-state index in [1.54, 1.807) is 0 Å². The molecule has 0 bridgehead atoms. The standard InChI is InChI=1S/C15H20N4/c1-11-5-3-4-6-14(11)13-9-17-15(18-10-13)19-12(2)7-8-16/h3-6,9-10,12H,7-8,16H2,1-2H3,(H,17,18,19). The SMILES string of the molecule is Cc1ccccc1-c1cnc(NC(C)CCN)nc1. The fourth-order valence-electron chi connectivity index (χ4n) is 1.98. The number of hydrogen-bond acceptors (Lipinski definition) is 4. The van der Waals surface area contributed by atoms with Crippen molar-refractivity contribution in [2.45, 2.75) is 26.3 Å². The summed E-state index contributed by atoms with van der Waals surface area (Å²) in [6.07, 6.45) is 4.61. The van der Waals surface area contributed by atoms with Crippen LogP contribution in [0.3, 0.4) is 0 Å². The van der Waals surface area contributed by atoms with Crippen LogP contribution < -0.4 is 11.1 Å². The number of aromatic nitrogens is 2. The molecule has 0 fully saturated rings. The Morgan fingerprint density at radius 3 is 2.53 bits per heavy atom. The molecular formula is C15H20N4. The van der Waals surface area contributed by atoms with Crippen LogP contribution in [0.15, 0.2) is 36.7 Å². The van der Waals surface area contributed by atoms with Gasteiger partial charge in [0.15, 0.2) is 0 Å². The number of nitrogens with two attached hydrogens (primary N) is 1. The van der Waals surface area contributed by atoms with Crippen molar-refractivity contribution in [1.29, 1.82) is 0 Å². The van der Waals surface area contributed by atoms with E-state index in [2.05, 4.69) is 41.3 Å². The van der Waals surface area contributed by atoms with E-state index in [0.29, 0.717) is 12.5 Å². The highest BCUT2D eigenvalue weighted by Crippen LogP contribution is 2.21. The third kappa shape index (κ3) is 3.51. The van der Waals surface area contributed by atoms with Crippen LogP contribution >= 0.6 is 0 Å². The molecule has 0 spiro atoms. The summed E-state index contributed by atoms with van der Waals surface area (Å²) in [5, 5.41) is 3.23. The number of nitrogens with one attached hydrogen (secondary N) is 1. The monoisotopic (exact) mass is 256 g/mol. The summed E-state index contributed by atoms with van der Waals surface area (Å²) in [6, 6.07) is 8.51. The third-order valence-corrected chi connectivity index (χ3v) is 3.08. The normalized spacial score (nSPS) is 12.2. The number of rotatable bonds is 5. The van der Waals surface area contributed by atoms with E-state index < -0.39 is 0 Å². The van der Waals surface area contributed by atoms with Gasteiger partial charge in [-0.25, -0.2) is 9.97 Å². The molecule has 0 aliphatic carbocycles. The van der Waals surface area contributed by atoms with Gasteiger partial charge in [-0.1, -0.05) is 24.3 Å². The maximum absolute atomic E-state index is 5.52. The first-order valence-corrected chi connectivity index (χ1v) is 6.55. The van der Waals surface area contributed by atoms with Crippen molar-refractivity contribution in [3.8, 4) is 11.1 Å². The lowest BCUT2D eigenvalue weighted by atomic mass is 10.0. The van der Waals surface area contributed by atoms with Gasteiger partial charge in [0.05, 0.1) is 0 Å². The fourth-order valence-corrected chi connectivity index (χ4v) is 1.98. The minimum absolute atomic E-state index is 0.286. The van der Waals surface area contributed by atoms with Gasteiger partial charge in [0.25, 0.3) is 0 Å². The van der Waals surface area contributed by atoms with Crippen molar-refractivity contribution >= 4 is 5.95 Å². The average Bonchev–Trinajstić information content (AvgIpc) is 2.41. The number of benzene rings is 1. The molecule has 3 N–H and O–H groups in total. The van der Waals surface area contributed by atoms with Crippen molar-refractivity contribution < 1.29 is 0 Å². The molecule has 1 unspecified atom stereocenters. The van der Waals surface area contributed by atoms with Gasteiger partial charge in [0.2, 0.25) is 5.95 Å². The van der Waals surface area contributed by atoms with Gasteiger partial charge < -0.3 is 11.1 Å². The van der Waals surface area contributed by atoms with Gasteiger partial charge in [-0.15, -0.1) is 0 Å². The van der Waals surface area contributed by atoms with Gasteiger partial charge in [-0.05, 0) is 37.9 Å². The lowest BCUT2D eigenvalue weighted by molar-refractivity contribution is 0.709. The lowest BCUT2D eigenvalue weighted by Gasteiger charge is -2.12. The summed E-state index contributed by atoms with van der Waals surface area (Å²) in [5.74, 6) is 0.651. The zero-order valence-corrected chi connectivity index (χ0v) is 11.4. The summed E-state index contributed by atoms with van der Waals surface area (Å²) in [4.78, 5) is 8.71. The number of nitrogens with zero attached hydrogens (tertiary/aromatic N) is 2. The zero-order chi connectivity index (χ0) is 13.7. The first kappa shape index (κ1) is 13.5. The van der Waals surface area contributed by atoms with E-state index >= 15 is 0 Å². The first-order chi connectivity index (χ1) is 9.20. The highest BCUT2D eigenvalue weighted by molar-refractivity contribution is 5.65. The third-order valence-electron chi connectivity index (χ3n) is 3.08. The van der Waals surface area contributed by atoms with Crippen LogP contribution in [0.25, 0.3) is 11.1 Å². The molecule has 4 heteroatoms. The molecule has 0 aliphatic rings. The smallest absolute Gasteiger partial charge is 0.222 e. The summed E-state index contributed by atoms with van der Waals surface area (Å²) in [7, 11) is 0. The van der Waals surface area contributed by atoms with Crippen LogP contribution in [0.1, 0.15) is 18.9 Å². The Morgan fingerprint density at radius 2 is 1.89 bits per heavy atom. The number of aryl methyl sites for hydroxylation is 1. The molecule has 0 amide bonds. The second-order valence-electron chi connectivity index (χ2n) is 4.73. The molecule has 0 saturated carbocycles. The van der Waals surface area contributed by atoms with Crippen molar-refractivity contribution in [2.75, 3.05) is 11.9 Å². The zero-order valence-electron chi connectivity index (χ0n) is 11.4. The Bertz CT molecular complexity index is 522. The molecular weight excluding hydrogens is 236 g/mol. The highest BCUT2D eigenvalue weighted by atomic mass is 15.1. The van der Waals surface area contributed by atoms with Crippen molar-refractivity contribution in [1.82, 2.24) is 9.97 Å². The number of hydrogen-bond donors (Lipinski definition) is 2. The second-order valence-corrected chi connectivity index (χ2v) is 4.73. The van der Waals surface area contributed by atoms with Crippen LogP contribution in [-0.2, 0) is 0 Å². The Hall–Kier alpha value is -1.94. The van der Waals surface area contributed by atoms with Crippen LogP contribution in [-0.4, -0.2) is 22.6 Å². The van der Waals surface area contributed by atoms with Crippen molar-refractivity contribution in [3.63, 3.8) is 0 Å². The van der Waals surface area contributed by atoms with Crippen LogP contribution in [0, 0.1) is 6.92 Å². The molecule has 100 valence electrons. The Balaban J connectivity index is 2.13. The van der Waals surface area contributed by atoms with Crippen LogP contribution in [0.5, 0.6) is 0 Å². The van der Waals surface area contributed by atoms with Crippen molar-refractivity contribution in [2.24, 2.45) is 5.73 Å². The van der Waals surface area contributed by atoms with E-state index in [0.717, 1.165) is 12.0 Å². The summed E-state index contributed by atoms with van der Waals surface area (Å²) in [5.41, 5.74) is 8.95. The maximum Gasteiger partial charge on any atom is 0.222 e. The Morgan fingerprint density at radius 1 is 1.21 bits per heavy atom. The van der Waals surface area contributed by atoms with Gasteiger partial charge in [-0.2, -0.15) is 0 Å². The molecule has 19 heavy (non-hydrogen) atoms. The minimum Gasteiger partial charge on any atom is -0.352 e. The number of anilines is 1. The summed E-state index contributed by atoms with van der Waals surface area (Å²) >= 11 is 0. The predicted octanol–water partition coefficient (Wildman–Crippen LogP) is 2.60. The van der Waals surface area contributed by atoms with E-state index in [-0.39, 0.29) is 6.04 Å². The summed E-state index contributed by atoms with van der Waals surface area (Å²) < 4.78 is 0. The maximum atomic E-state index is 5.52. The Kier molecular flexibility index (Phi) is 4.47. The van der Waals surface area contributed by atoms with Gasteiger partial charge in [0.1, 0.15) is 0 Å².